The van der Waals surface area contributed by atoms with Crippen molar-refractivity contribution in [3.05, 3.63) is 0 Å². The van der Waals surface area contributed by atoms with Crippen molar-refractivity contribution in [2.24, 2.45) is 4.99 Å². The molecule has 1 heterocycles. The molecule has 8 heavy (non-hydrogen) atoms. The van der Waals surface area contributed by atoms with Crippen molar-refractivity contribution in [2.45, 2.75) is 31.8 Å². The Kier molecular flexibility index (Phi) is 0.678. The molecule has 2 nitrogen and oxygen atoms in total. The summed E-state index contributed by atoms with van der Waals surface area (Å²) in [6, 6.07) is 1.37. The molecule has 0 spiro atoms. The van der Waals surface area contributed by atoms with Gasteiger partial charge >= 0.3 is 0 Å². The predicted octanol–water partition coefficient (Wildman–Crippen LogP) is 0.539. The summed E-state index contributed by atoms with van der Waals surface area (Å²) >= 11 is 0. The second kappa shape index (κ2) is 1.24. The minimum Gasteiger partial charge on any atom is -0.369 e. The van der Waals surface area contributed by atoms with Crippen LogP contribution in [0, 0.1) is 0 Å². The van der Waals surface area contributed by atoms with Gasteiger partial charge in [-0.05, 0) is 19.8 Å². The molecule has 0 aromatic rings. The van der Waals surface area contributed by atoms with Crippen LogP contribution in [-0.4, -0.2) is 17.9 Å². The average Bonchev–Trinajstić information content (AvgIpc) is 1.91. The fourth-order valence-corrected chi connectivity index (χ4v) is 1.36. The van der Waals surface area contributed by atoms with E-state index in [-0.39, 0.29) is 0 Å². The van der Waals surface area contributed by atoms with Gasteiger partial charge in [-0.1, -0.05) is 0 Å². The normalized spacial score (nSPS) is 41.9. The van der Waals surface area contributed by atoms with Gasteiger partial charge in [-0.15, -0.1) is 0 Å². The summed E-state index contributed by atoms with van der Waals surface area (Å²) < 4.78 is 0. The Bertz CT molecular complexity index is 139. The summed E-state index contributed by atoms with van der Waals surface area (Å²) in [7, 11) is 0. The third-order valence-electron chi connectivity index (χ3n) is 1.99. The van der Waals surface area contributed by atoms with Gasteiger partial charge in [-0.25, -0.2) is 0 Å². The molecule has 2 heteroatoms. The van der Waals surface area contributed by atoms with Crippen LogP contribution in [0.3, 0.4) is 0 Å². The molecule has 1 N–H and O–H groups in total. The first-order valence-corrected chi connectivity index (χ1v) is 3.17. The maximum atomic E-state index is 4.36. The standard InChI is InChI=1S/C6H10N2/c1-4-7-5-2-3-6(5)8-4/h5-6H,2-3H2,1H3,(H,7,8). The molecule has 1 fully saturated rings. The minimum atomic E-state index is 0.648. The highest BCUT2D eigenvalue weighted by Gasteiger charge is 2.34. The van der Waals surface area contributed by atoms with E-state index >= 15 is 0 Å². The van der Waals surface area contributed by atoms with Gasteiger partial charge in [0.2, 0.25) is 0 Å². The molecule has 1 saturated carbocycles. The molecule has 1 aliphatic heterocycles. The van der Waals surface area contributed by atoms with Crippen molar-refractivity contribution < 1.29 is 0 Å². The molecule has 0 radical (unpaired) electrons. The van der Waals surface area contributed by atoms with Crippen LogP contribution < -0.4 is 5.32 Å². The van der Waals surface area contributed by atoms with Crippen LogP contribution >= 0.6 is 0 Å². The van der Waals surface area contributed by atoms with Gasteiger partial charge in [0.15, 0.2) is 0 Å². The quantitative estimate of drug-likeness (QED) is 0.483. The first-order valence-electron chi connectivity index (χ1n) is 3.17. The van der Waals surface area contributed by atoms with Crippen LogP contribution in [0.25, 0.3) is 0 Å². The van der Waals surface area contributed by atoms with E-state index in [1.165, 1.54) is 12.8 Å². The lowest BCUT2D eigenvalue weighted by Gasteiger charge is -2.27. The maximum Gasteiger partial charge on any atom is 0.0938 e. The second-order valence-electron chi connectivity index (χ2n) is 2.61. The van der Waals surface area contributed by atoms with E-state index in [1.807, 2.05) is 6.92 Å². The number of amidine groups is 1. The lowest BCUT2D eigenvalue weighted by molar-refractivity contribution is 0.347. The second-order valence-corrected chi connectivity index (χ2v) is 2.61. The Morgan fingerprint density at radius 3 is 2.75 bits per heavy atom. The van der Waals surface area contributed by atoms with Gasteiger partial charge in [0.25, 0.3) is 0 Å². The molecular formula is C6H10N2. The first kappa shape index (κ1) is 4.36. The zero-order valence-corrected chi connectivity index (χ0v) is 5.02. The highest BCUT2D eigenvalue weighted by molar-refractivity contribution is 5.82. The van der Waals surface area contributed by atoms with Crippen molar-refractivity contribution in [3.8, 4) is 0 Å². The van der Waals surface area contributed by atoms with Crippen molar-refractivity contribution in [2.75, 3.05) is 0 Å². The Morgan fingerprint density at radius 2 is 2.50 bits per heavy atom. The molecule has 1 aliphatic carbocycles. The summed E-state index contributed by atoms with van der Waals surface area (Å²) in [5.74, 6) is 1.14. The van der Waals surface area contributed by atoms with Crippen LogP contribution in [0.5, 0.6) is 0 Å². The highest BCUT2D eigenvalue weighted by atomic mass is 15.1. The molecule has 2 rings (SSSR count). The minimum absolute atomic E-state index is 0.648. The van der Waals surface area contributed by atoms with E-state index < -0.39 is 0 Å². The predicted molar refractivity (Wildman–Crippen MR) is 33.1 cm³/mol. The van der Waals surface area contributed by atoms with Gasteiger partial charge in [-0.3, -0.25) is 4.99 Å². The molecule has 2 atom stereocenters. The largest absolute Gasteiger partial charge is 0.369 e. The van der Waals surface area contributed by atoms with Gasteiger partial charge in [0.05, 0.1) is 11.9 Å². The van der Waals surface area contributed by atoms with Crippen LogP contribution in [0.1, 0.15) is 19.8 Å². The van der Waals surface area contributed by atoms with Gasteiger partial charge in [0.1, 0.15) is 0 Å². The summed E-state index contributed by atoms with van der Waals surface area (Å²) in [4.78, 5) is 4.36. The van der Waals surface area contributed by atoms with Crippen LogP contribution in [0.15, 0.2) is 4.99 Å². The monoisotopic (exact) mass is 110 g/mol. The van der Waals surface area contributed by atoms with E-state index in [9.17, 15) is 0 Å². The number of nitrogens with one attached hydrogen (secondary N) is 1. The number of rotatable bonds is 0. The van der Waals surface area contributed by atoms with Crippen LogP contribution in [-0.2, 0) is 0 Å². The van der Waals surface area contributed by atoms with Crippen molar-refractivity contribution in [1.82, 2.24) is 5.32 Å². The number of hydrogen-bond acceptors (Lipinski definition) is 2. The van der Waals surface area contributed by atoms with Crippen molar-refractivity contribution in [3.63, 3.8) is 0 Å². The van der Waals surface area contributed by atoms with Gasteiger partial charge in [0, 0.05) is 6.04 Å². The Balaban J connectivity index is 2.14. The molecule has 0 amide bonds. The molecule has 0 saturated heterocycles. The molecular weight excluding hydrogens is 100 g/mol. The fourth-order valence-electron chi connectivity index (χ4n) is 1.36. The van der Waals surface area contributed by atoms with Crippen molar-refractivity contribution >= 4 is 5.84 Å². The van der Waals surface area contributed by atoms with E-state index in [0.29, 0.717) is 6.04 Å². The molecule has 0 bridgehead atoms. The lowest BCUT2D eigenvalue weighted by atomic mass is 9.88. The third-order valence-corrected chi connectivity index (χ3v) is 1.99. The third kappa shape index (κ3) is 0.403. The van der Waals surface area contributed by atoms with E-state index in [1.54, 1.807) is 0 Å². The molecule has 44 valence electrons. The van der Waals surface area contributed by atoms with E-state index in [4.69, 9.17) is 0 Å². The smallest absolute Gasteiger partial charge is 0.0938 e. The molecule has 0 aromatic heterocycles. The maximum absolute atomic E-state index is 4.36. The van der Waals surface area contributed by atoms with Gasteiger partial charge in [-0.2, -0.15) is 0 Å². The topological polar surface area (TPSA) is 24.4 Å². The summed E-state index contributed by atoms with van der Waals surface area (Å²) in [6.45, 7) is 2.04. The zero-order chi connectivity index (χ0) is 5.56. The molecule has 2 aliphatic rings. The SMILES string of the molecule is CC1=NC2CCC2N1. The Morgan fingerprint density at radius 1 is 1.62 bits per heavy atom. The number of fused-ring (bicyclic) bond motifs is 1. The summed E-state index contributed by atoms with van der Waals surface area (Å²) in [6.07, 6.45) is 2.63. The fraction of sp³-hybridized carbons (Fsp3) is 0.833. The number of hydrogen-bond donors (Lipinski definition) is 1. The highest BCUT2D eigenvalue weighted by Crippen LogP contribution is 2.26. The van der Waals surface area contributed by atoms with Crippen molar-refractivity contribution in [1.29, 1.82) is 0 Å². The Labute approximate surface area is 49.0 Å². The van der Waals surface area contributed by atoms with Crippen LogP contribution in [0.4, 0.5) is 0 Å². The Hall–Kier alpha value is -0.530. The zero-order valence-electron chi connectivity index (χ0n) is 5.02. The van der Waals surface area contributed by atoms with Crippen LogP contribution in [0.2, 0.25) is 0 Å². The average molecular weight is 110 g/mol. The summed E-state index contributed by atoms with van der Waals surface area (Å²) in [5.41, 5.74) is 0. The lowest BCUT2D eigenvalue weighted by Crippen LogP contribution is -2.41. The summed E-state index contributed by atoms with van der Waals surface area (Å²) in [5, 5.41) is 3.30. The number of nitrogens with zero attached hydrogens (tertiary/aromatic N) is 1. The van der Waals surface area contributed by atoms with E-state index in [2.05, 4.69) is 10.3 Å². The number of aliphatic imine (C=N–C) groups is 1. The van der Waals surface area contributed by atoms with Gasteiger partial charge < -0.3 is 5.32 Å². The first-order chi connectivity index (χ1) is 3.86. The molecule has 0 aromatic carbocycles. The van der Waals surface area contributed by atoms with E-state index in [0.717, 1.165) is 11.9 Å². The molecule has 2 unspecified atom stereocenters.